The van der Waals surface area contributed by atoms with E-state index in [4.69, 9.17) is 18.9 Å². The van der Waals surface area contributed by atoms with Crippen molar-refractivity contribution in [1.29, 1.82) is 0 Å². The highest BCUT2D eigenvalue weighted by Gasteiger charge is 2.29. The molecule has 0 radical (unpaired) electrons. The molecule has 0 heterocycles. The van der Waals surface area contributed by atoms with E-state index in [9.17, 15) is 34.1 Å². The van der Waals surface area contributed by atoms with Gasteiger partial charge in [0.25, 0.3) is 5.69 Å². The van der Waals surface area contributed by atoms with Crippen molar-refractivity contribution >= 4 is 41.5 Å². The molecule has 4 N–H and O–H groups in total. The van der Waals surface area contributed by atoms with E-state index in [2.05, 4.69) is 27.8 Å². The van der Waals surface area contributed by atoms with Crippen LogP contribution in [0.5, 0.6) is 5.75 Å². The van der Waals surface area contributed by atoms with E-state index < -0.39 is 47.2 Å². The number of rotatable bonds is 19. The average Bonchev–Trinajstić information content (AvgIpc) is 3.14. The number of benzene rings is 3. The maximum atomic E-state index is 13.5. The number of nitro benzene ring substituents is 1. The number of non-ortho nitro benzene ring substituents is 1. The van der Waals surface area contributed by atoms with Gasteiger partial charge in [0.1, 0.15) is 37.7 Å². The Morgan fingerprint density at radius 3 is 2.09 bits per heavy atom. The normalized spacial score (nSPS) is 11.6. The van der Waals surface area contributed by atoms with Gasteiger partial charge in [-0.05, 0) is 60.6 Å². The van der Waals surface area contributed by atoms with Crippen LogP contribution >= 0.6 is 0 Å². The van der Waals surface area contributed by atoms with Gasteiger partial charge in [-0.3, -0.25) is 19.7 Å². The first kappa shape index (κ1) is 41.0. The van der Waals surface area contributed by atoms with Gasteiger partial charge in [0.2, 0.25) is 11.8 Å². The van der Waals surface area contributed by atoms with Crippen LogP contribution in [0.3, 0.4) is 0 Å². The molecule has 0 fully saturated rings. The topological polar surface area (TPSA) is 214 Å². The fourth-order valence-electron chi connectivity index (χ4n) is 4.62. The smallest absolute Gasteiger partial charge is 0.445 e. The highest BCUT2D eigenvalue weighted by molar-refractivity contribution is 5.98. The molecule has 0 spiro atoms. The van der Waals surface area contributed by atoms with Crippen molar-refractivity contribution in [3.63, 3.8) is 0 Å². The molecule has 3 aromatic rings. The summed E-state index contributed by atoms with van der Waals surface area (Å²) in [4.78, 5) is 73.5. The molecule has 0 unspecified atom stereocenters. The van der Waals surface area contributed by atoms with E-state index in [-0.39, 0.29) is 50.1 Å². The summed E-state index contributed by atoms with van der Waals surface area (Å²) < 4.78 is 20.3. The molecule has 0 aliphatic heterocycles. The predicted octanol–water partition coefficient (Wildman–Crippen LogP) is 5.77. The van der Waals surface area contributed by atoms with Gasteiger partial charge in [0.15, 0.2) is 0 Å². The van der Waals surface area contributed by atoms with Crippen LogP contribution in [0.2, 0.25) is 0 Å². The minimum absolute atomic E-state index is 0.0104. The summed E-state index contributed by atoms with van der Waals surface area (Å²) in [6.07, 6.45) is 0.143. The van der Waals surface area contributed by atoms with Crippen molar-refractivity contribution < 1.29 is 47.8 Å². The number of nitrogens with one attached hydrogen (secondary N) is 4. The third-order valence-electron chi connectivity index (χ3n) is 7.42. The van der Waals surface area contributed by atoms with Gasteiger partial charge in [0, 0.05) is 24.4 Å². The minimum Gasteiger partial charge on any atom is -0.445 e. The second kappa shape index (κ2) is 21.7. The zero-order chi connectivity index (χ0) is 38.6. The van der Waals surface area contributed by atoms with E-state index in [0.717, 1.165) is 5.56 Å². The van der Waals surface area contributed by atoms with E-state index >= 15 is 0 Å². The Hall–Kier alpha value is -6.45. The fourth-order valence-corrected chi connectivity index (χ4v) is 4.62. The molecule has 16 nitrogen and oxygen atoms in total. The summed E-state index contributed by atoms with van der Waals surface area (Å²) in [6, 6.07) is 18.3. The maximum Gasteiger partial charge on any atom is 0.514 e. The second-order valence-electron chi connectivity index (χ2n) is 11.9. The van der Waals surface area contributed by atoms with Crippen molar-refractivity contribution in [1.82, 2.24) is 16.0 Å². The molecule has 4 amide bonds. The number of hydrogen-bond acceptors (Lipinski definition) is 11. The molecule has 0 bridgehead atoms. The van der Waals surface area contributed by atoms with Crippen LogP contribution in [0.1, 0.15) is 44.2 Å². The molecule has 2 atom stereocenters. The summed E-state index contributed by atoms with van der Waals surface area (Å²) in [5, 5.41) is 21.5. The molecule has 0 aromatic heterocycles. The van der Waals surface area contributed by atoms with E-state index in [1.807, 2.05) is 18.2 Å². The lowest BCUT2D eigenvalue weighted by atomic mass is 10.0. The van der Waals surface area contributed by atoms with Crippen LogP contribution in [0.4, 0.5) is 25.8 Å². The van der Waals surface area contributed by atoms with E-state index in [0.29, 0.717) is 24.1 Å². The lowest BCUT2D eigenvalue weighted by Crippen LogP contribution is -2.54. The molecule has 0 aliphatic carbocycles. The van der Waals surface area contributed by atoms with Gasteiger partial charge >= 0.3 is 18.3 Å². The number of carbonyl (C=O) groups is 5. The summed E-state index contributed by atoms with van der Waals surface area (Å²) in [5.41, 5.74) is 1.58. The number of anilines is 1. The van der Waals surface area contributed by atoms with Crippen LogP contribution in [0, 0.1) is 16.0 Å². The zero-order valence-corrected chi connectivity index (χ0v) is 29.4. The molecule has 53 heavy (non-hydrogen) atoms. The lowest BCUT2D eigenvalue weighted by molar-refractivity contribution is -0.384. The molecule has 282 valence electrons. The Morgan fingerprint density at radius 2 is 1.45 bits per heavy atom. The highest BCUT2D eigenvalue weighted by atomic mass is 16.7. The van der Waals surface area contributed by atoms with Gasteiger partial charge in [-0.25, -0.2) is 14.4 Å². The Kier molecular flexibility index (Phi) is 16.8. The number of hydrogen-bond donors (Lipinski definition) is 4. The number of ether oxygens (including phenoxy) is 4. The summed E-state index contributed by atoms with van der Waals surface area (Å²) in [5.74, 6) is -1.39. The molecular formula is C37H43N5O11. The first-order chi connectivity index (χ1) is 25.4. The van der Waals surface area contributed by atoms with Gasteiger partial charge in [-0.15, -0.1) is 0 Å². The van der Waals surface area contributed by atoms with E-state index in [1.165, 1.54) is 30.3 Å². The number of amides is 4. The van der Waals surface area contributed by atoms with E-state index in [1.54, 1.807) is 50.2 Å². The number of nitrogens with zero attached hydrogens (tertiary/aromatic N) is 1. The minimum atomic E-state index is -1.02. The Bertz CT molecular complexity index is 1680. The van der Waals surface area contributed by atoms with Crippen LogP contribution < -0.4 is 26.0 Å². The van der Waals surface area contributed by atoms with Crippen LogP contribution in [0.25, 0.3) is 0 Å². The predicted molar refractivity (Wildman–Crippen MR) is 193 cm³/mol. The van der Waals surface area contributed by atoms with Crippen LogP contribution in [0.15, 0.2) is 91.5 Å². The number of unbranched alkanes of at least 4 members (excludes halogenated alkanes) is 1. The number of nitro groups is 1. The molecule has 0 saturated carbocycles. The number of alkyl carbamates (subject to hydrolysis) is 2. The molecule has 3 rings (SSSR count). The van der Waals surface area contributed by atoms with Gasteiger partial charge < -0.3 is 40.2 Å². The fraction of sp³-hybridized carbons (Fsp3) is 0.324. The summed E-state index contributed by atoms with van der Waals surface area (Å²) in [7, 11) is 0. The largest absolute Gasteiger partial charge is 0.514 e. The van der Waals surface area contributed by atoms with Crippen LogP contribution in [-0.4, -0.2) is 60.3 Å². The summed E-state index contributed by atoms with van der Waals surface area (Å²) in [6.45, 7) is 7.16. The lowest BCUT2D eigenvalue weighted by Gasteiger charge is -2.25. The van der Waals surface area contributed by atoms with Crippen molar-refractivity contribution in [3.05, 3.63) is 113 Å². The molecule has 0 aliphatic rings. The van der Waals surface area contributed by atoms with Gasteiger partial charge in [0.05, 0.1) is 4.92 Å². The maximum absolute atomic E-state index is 13.5. The SMILES string of the molecule is C=CCOC(=O)NCCCC[C@H](NC(=O)[C@@H](NC(=O)OCc1ccccc1)C(C)C)C(=O)Nc1ccc(COC(=O)Oc2ccc([N+](=O)[O-])cc2)cc1. The highest BCUT2D eigenvalue weighted by Crippen LogP contribution is 2.18. The van der Waals surface area contributed by atoms with Gasteiger partial charge in [-0.1, -0.05) is 69.0 Å². The second-order valence-corrected chi connectivity index (χ2v) is 11.9. The quantitative estimate of drug-likeness (QED) is 0.0221. The number of carbonyl (C=O) groups excluding carboxylic acids is 5. The molecule has 16 heteroatoms. The monoisotopic (exact) mass is 733 g/mol. The third-order valence-corrected chi connectivity index (χ3v) is 7.42. The average molecular weight is 734 g/mol. The third kappa shape index (κ3) is 15.1. The Morgan fingerprint density at radius 1 is 0.792 bits per heavy atom. The Labute approximate surface area is 306 Å². The molecule has 0 saturated heterocycles. The molecular weight excluding hydrogens is 690 g/mol. The van der Waals surface area contributed by atoms with Crippen molar-refractivity contribution in [3.8, 4) is 5.75 Å². The van der Waals surface area contributed by atoms with Crippen molar-refractivity contribution in [2.24, 2.45) is 5.92 Å². The zero-order valence-electron chi connectivity index (χ0n) is 29.4. The van der Waals surface area contributed by atoms with Crippen molar-refractivity contribution in [2.45, 2.75) is 58.4 Å². The van der Waals surface area contributed by atoms with Crippen LogP contribution in [-0.2, 0) is 37.0 Å². The van der Waals surface area contributed by atoms with Gasteiger partial charge in [-0.2, -0.15) is 0 Å². The first-order valence-electron chi connectivity index (χ1n) is 16.7. The first-order valence-corrected chi connectivity index (χ1v) is 16.7. The Balaban J connectivity index is 1.59. The molecule has 3 aromatic carbocycles. The standard InChI is InChI=1S/C37H43N5O11/c1-4-22-50-35(45)38-21-9-8-12-31(40-34(44)32(25(2)3)41-36(46)51-23-26-10-6-5-7-11-26)33(43)39-28-15-13-27(14-16-28)24-52-37(47)53-30-19-17-29(18-20-30)42(48)49/h4-7,10-11,13-20,25,31-32H,1,8-9,12,21-24H2,2-3H3,(H,38,45)(H,39,43)(H,40,44)(H,41,46)/t31-,32-/m0/s1. The van der Waals surface area contributed by atoms with Crippen molar-refractivity contribution in [2.75, 3.05) is 18.5 Å². The summed E-state index contributed by atoms with van der Waals surface area (Å²) >= 11 is 0.